The van der Waals surface area contributed by atoms with E-state index >= 15 is 0 Å². The number of hydrogen-bond donors (Lipinski definition) is 2. The fourth-order valence-electron chi connectivity index (χ4n) is 0.951. The van der Waals surface area contributed by atoms with Crippen molar-refractivity contribution in [3.63, 3.8) is 0 Å². The summed E-state index contributed by atoms with van der Waals surface area (Å²) in [6.45, 7) is 0. The first kappa shape index (κ1) is 9.98. The molecule has 0 spiro atoms. The molecule has 0 aliphatic rings. The SMILES string of the molecule is O=CC=Cc1ccc(NC(=O)O)cc1. The molecule has 1 aromatic carbocycles. The fraction of sp³-hybridized carbons (Fsp3) is 0. The van der Waals surface area contributed by atoms with Gasteiger partial charge in [0.05, 0.1) is 0 Å². The Hall–Kier alpha value is -2.10. The number of allylic oxidation sites excluding steroid dienone is 1. The van der Waals surface area contributed by atoms with Gasteiger partial charge < -0.3 is 5.11 Å². The van der Waals surface area contributed by atoms with Gasteiger partial charge in [0.1, 0.15) is 6.29 Å². The van der Waals surface area contributed by atoms with Gasteiger partial charge in [-0.15, -0.1) is 0 Å². The smallest absolute Gasteiger partial charge is 0.409 e. The summed E-state index contributed by atoms with van der Waals surface area (Å²) in [6.07, 6.45) is 2.60. The number of rotatable bonds is 3. The third kappa shape index (κ3) is 3.10. The fourth-order valence-corrected chi connectivity index (χ4v) is 0.951. The highest BCUT2D eigenvalue weighted by Crippen LogP contribution is 2.10. The maximum absolute atomic E-state index is 10.3. The second-order valence-electron chi connectivity index (χ2n) is 2.55. The Labute approximate surface area is 80.9 Å². The Balaban J connectivity index is 2.73. The van der Waals surface area contributed by atoms with Gasteiger partial charge in [0.15, 0.2) is 0 Å². The predicted octanol–water partition coefficient (Wildman–Crippen LogP) is 1.99. The minimum Gasteiger partial charge on any atom is -0.465 e. The van der Waals surface area contributed by atoms with Crippen LogP contribution >= 0.6 is 0 Å². The monoisotopic (exact) mass is 191 g/mol. The summed E-state index contributed by atoms with van der Waals surface area (Å²) in [6, 6.07) is 6.67. The highest BCUT2D eigenvalue weighted by atomic mass is 16.4. The van der Waals surface area contributed by atoms with Crippen LogP contribution in [0.4, 0.5) is 10.5 Å². The zero-order valence-electron chi connectivity index (χ0n) is 7.31. The van der Waals surface area contributed by atoms with Crippen molar-refractivity contribution in [2.24, 2.45) is 0 Å². The molecule has 2 N–H and O–H groups in total. The summed E-state index contributed by atoms with van der Waals surface area (Å²) in [5, 5.41) is 10.6. The van der Waals surface area contributed by atoms with Crippen LogP contribution in [0, 0.1) is 0 Å². The van der Waals surface area contributed by atoms with E-state index in [1.165, 1.54) is 6.08 Å². The molecule has 0 aliphatic carbocycles. The van der Waals surface area contributed by atoms with Crippen molar-refractivity contribution in [2.75, 3.05) is 5.32 Å². The average Bonchev–Trinajstić information content (AvgIpc) is 2.16. The number of hydrogen-bond acceptors (Lipinski definition) is 2. The van der Waals surface area contributed by atoms with E-state index in [4.69, 9.17) is 5.11 Å². The molecular formula is C10H9NO3. The summed E-state index contributed by atoms with van der Waals surface area (Å²) < 4.78 is 0. The molecule has 0 aliphatic heterocycles. The standard InChI is InChI=1S/C10H9NO3/c12-7-1-2-8-3-5-9(6-4-8)11-10(13)14/h1-7,11H,(H,13,14). The zero-order chi connectivity index (χ0) is 10.4. The van der Waals surface area contributed by atoms with Gasteiger partial charge in [-0.1, -0.05) is 18.2 Å². The van der Waals surface area contributed by atoms with Crippen LogP contribution in [-0.2, 0) is 4.79 Å². The normalized spacial score (nSPS) is 10.0. The van der Waals surface area contributed by atoms with E-state index in [9.17, 15) is 9.59 Å². The van der Waals surface area contributed by atoms with E-state index < -0.39 is 6.09 Å². The first-order valence-corrected chi connectivity index (χ1v) is 3.94. The predicted molar refractivity (Wildman–Crippen MR) is 53.2 cm³/mol. The summed E-state index contributed by atoms with van der Waals surface area (Å²) >= 11 is 0. The molecule has 0 fully saturated rings. The molecule has 14 heavy (non-hydrogen) atoms. The number of carbonyl (C=O) groups excluding carboxylic acids is 1. The molecule has 0 atom stereocenters. The minimum atomic E-state index is -1.10. The molecule has 0 aromatic heterocycles. The van der Waals surface area contributed by atoms with Crippen LogP contribution < -0.4 is 5.32 Å². The molecule has 4 heteroatoms. The quantitative estimate of drug-likeness (QED) is 0.567. The van der Waals surface area contributed by atoms with Crippen molar-refractivity contribution in [3.8, 4) is 0 Å². The minimum absolute atomic E-state index is 0.501. The Morgan fingerprint density at radius 3 is 2.43 bits per heavy atom. The summed E-state index contributed by atoms with van der Waals surface area (Å²) in [4.78, 5) is 20.3. The Morgan fingerprint density at radius 2 is 1.93 bits per heavy atom. The summed E-state index contributed by atoms with van der Waals surface area (Å²) in [5.41, 5.74) is 1.34. The highest BCUT2D eigenvalue weighted by Gasteiger charge is 1.95. The first-order valence-electron chi connectivity index (χ1n) is 3.94. The molecule has 0 heterocycles. The lowest BCUT2D eigenvalue weighted by atomic mass is 10.2. The van der Waals surface area contributed by atoms with Gasteiger partial charge in [0, 0.05) is 5.69 Å². The van der Waals surface area contributed by atoms with Crippen molar-refractivity contribution in [1.29, 1.82) is 0 Å². The van der Waals surface area contributed by atoms with Crippen molar-refractivity contribution in [1.82, 2.24) is 0 Å². The van der Waals surface area contributed by atoms with Crippen LogP contribution in [0.15, 0.2) is 30.3 Å². The number of benzene rings is 1. The third-order valence-corrected chi connectivity index (χ3v) is 1.53. The lowest BCUT2D eigenvalue weighted by Crippen LogP contribution is -2.06. The van der Waals surface area contributed by atoms with Gasteiger partial charge in [0.2, 0.25) is 0 Å². The second kappa shape index (κ2) is 4.81. The van der Waals surface area contributed by atoms with Crippen LogP contribution in [-0.4, -0.2) is 17.5 Å². The number of carbonyl (C=O) groups is 2. The molecule has 4 nitrogen and oxygen atoms in total. The first-order chi connectivity index (χ1) is 6.72. The number of anilines is 1. The molecule has 1 amide bonds. The molecule has 72 valence electrons. The van der Waals surface area contributed by atoms with Crippen LogP contribution in [0.5, 0.6) is 0 Å². The molecule has 0 unspecified atom stereocenters. The number of carboxylic acid groups (broad SMARTS) is 1. The number of aldehydes is 1. The van der Waals surface area contributed by atoms with Gasteiger partial charge in [-0.05, 0) is 23.8 Å². The Kier molecular flexibility index (Phi) is 3.43. The van der Waals surface area contributed by atoms with Gasteiger partial charge in [-0.2, -0.15) is 0 Å². The highest BCUT2D eigenvalue weighted by molar-refractivity contribution is 5.83. The van der Waals surface area contributed by atoms with Gasteiger partial charge in [-0.3, -0.25) is 10.1 Å². The van der Waals surface area contributed by atoms with E-state index in [1.54, 1.807) is 30.3 Å². The maximum atomic E-state index is 10.3. The topological polar surface area (TPSA) is 66.4 Å². The van der Waals surface area contributed by atoms with Crippen molar-refractivity contribution in [3.05, 3.63) is 35.9 Å². The van der Waals surface area contributed by atoms with Gasteiger partial charge in [0.25, 0.3) is 0 Å². The Bertz CT molecular complexity index is 354. The van der Waals surface area contributed by atoms with E-state index in [0.29, 0.717) is 12.0 Å². The third-order valence-electron chi connectivity index (χ3n) is 1.53. The number of nitrogens with one attached hydrogen (secondary N) is 1. The van der Waals surface area contributed by atoms with Crippen molar-refractivity contribution < 1.29 is 14.7 Å². The Morgan fingerprint density at radius 1 is 1.29 bits per heavy atom. The van der Waals surface area contributed by atoms with Crippen molar-refractivity contribution >= 4 is 24.1 Å². The van der Waals surface area contributed by atoms with E-state index in [1.807, 2.05) is 0 Å². The second-order valence-corrected chi connectivity index (χ2v) is 2.55. The van der Waals surface area contributed by atoms with E-state index in [0.717, 1.165) is 5.56 Å². The lowest BCUT2D eigenvalue weighted by molar-refractivity contribution is -0.104. The lowest BCUT2D eigenvalue weighted by Gasteiger charge is -1.99. The summed E-state index contributed by atoms with van der Waals surface area (Å²) in [7, 11) is 0. The van der Waals surface area contributed by atoms with Gasteiger partial charge in [-0.25, -0.2) is 4.79 Å². The molecule has 0 saturated carbocycles. The zero-order valence-corrected chi connectivity index (χ0v) is 7.31. The van der Waals surface area contributed by atoms with Crippen molar-refractivity contribution in [2.45, 2.75) is 0 Å². The van der Waals surface area contributed by atoms with E-state index in [2.05, 4.69) is 5.32 Å². The molecule has 0 bridgehead atoms. The maximum Gasteiger partial charge on any atom is 0.409 e. The van der Waals surface area contributed by atoms with Gasteiger partial charge >= 0.3 is 6.09 Å². The summed E-state index contributed by atoms with van der Waals surface area (Å²) in [5.74, 6) is 0. The van der Waals surface area contributed by atoms with Crippen LogP contribution in [0.2, 0.25) is 0 Å². The molecule has 1 rings (SSSR count). The molecule has 0 radical (unpaired) electrons. The number of amides is 1. The molecule has 1 aromatic rings. The largest absolute Gasteiger partial charge is 0.465 e. The average molecular weight is 191 g/mol. The van der Waals surface area contributed by atoms with Crippen LogP contribution in [0.25, 0.3) is 6.08 Å². The van der Waals surface area contributed by atoms with Crippen LogP contribution in [0.1, 0.15) is 5.56 Å². The molecule has 0 saturated heterocycles. The molecular weight excluding hydrogens is 182 g/mol. The van der Waals surface area contributed by atoms with Crippen LogP contribution in [0.3, 0.4) is 0 Å². The van der Waals surface area contributed by atoms with E-state index in [-0.39, 0.29) is 0 Å².